The van der Waals surface area contributed by atoms with Gasteiger partial charge in [-0.15, -0.1) is 0 Å². The molecule has 0 aromatic heterocycles. The van der Waals surface area contributed by atoms with Gasteiger partial charge in [0.25, 0.3) is 0 Å². The smallest absolute Gasteiger partial charge is 0.249 e. The van der Waals surface area contributed by atoms with Crippen LogP contribution >= 0.6 is 0 Å². The number of rotatable bonds is 8. The number of hydrogen-bond acceptors (Lipinski definition) is 1. The van der Waals surface area contributed by atoms with E-state index in [1.165, 1.54) is 18.6 Å². The van der Waals surface area contributed by atoms with Crippen molar-refractivity contribution in [2.75, 3.05) is 0 Å². The van der Waals surface area contributed by atoms with Crippen molar-refractivity contribution in [2.24, 2.45) is 5.73 Å². The molecule has 0 heterocycles. The van der Waals surface area contributed by atoms with Gasteiger partial charge in [0.05, 0.1) is 0 Å². The lowest BCUT2D eigenvalue weighted by atomic mass is 9.83. The largest absolute Gasteiger partial charge is 0.366 e. The fourth-order valence-corrected chi connectivity index (χ4v) is 2.87. The number of carbonyl (C=O) groups is 1. The predicted molar refractivity (Wildman–Crippen MR) is 81.5 cm³/mol. The molecule has 20 heavy (non-hydrogen) atoms. The molecule has 0 aliphatic heterocycles. The summed E-state index contributed by atoms with van der Waals surface area (Å²) in [7, 11) is 0. The predicted octanol–water partition coefficient (Wildman–Crippen LogP) is 4.56. The zero-order valence-electron chi connectivity index (χ0n) is 12.8. The van der Waals surface area contributed by atoms with Crippen LogP contribution in [0.1, 0.15) is 80.3 Å². The number of nitrogens with two attached hydrogens (primary N) is 1. The van der Waals surface area contributed by atoms with Crippen LogP contribution in [0.15, 0.2) is 12.1 Å². The van der Waals surface area contributed by atoms with Crippen molar-refractivity contribution in [3.8, 4) is 0 Å². The topological polar surface area (TPSA) is 43.1 Å². The van der Waals surface area contributed by atoms with Gasteiger partial charge in [-0.25, -0.2) is 4.39 Å². The molecule has 0 radical (unpaired) electrons. The van der Waals surface area contributed by atoms with Crippen molar-refractivity contribution in [3.05, 3.63) is 34.6 Å². The van der Waals surface area contributed by atoms with Gasteiger partial charge < -0.3 is 5.73 Å². The third-order valence-corrected chi connectivity index (χ3v) is 3.98. The van der Waals surface area contributed by atoms with Crippen LogP contribution in [0, 0.1) is 5.82 Å². The maximum absolute atomic E-state index is 14.0. The molecule has 0 saturated heterocycles. The number of halogens is 1. The maximum Gasteiger partial charge on any atom is 0.249 e. The molecule has 0 aliphatic carbocycles. The summed E-state index contributed by atoms with van der Waals surface area (Å²) >= 11 is 0. The number of hydrogen-bond donors (Lipinski definition) is 1. The Bertz CT molecular complexity index is 457. The van der Waals surface area contributed by atoms with Crippen LogP contribution in [-0.4, -0.2) is 5.91 Å². The monoisotopic (exact) mass is 279 g/mol. The lowest BCUT2D eigenvalue weighted by Crippen LogP contribution is -2.18. The molecule has 112 valence electrons. The van der Waals surface area contributed by atoms with E-state index < -0.39 is 5.91 Å². The van der Waals surface area contributed by atoms with Crippen molar-refractivity contribution in [2.45, 2.75) is 65.2 Å². The Morgan fingerprint density at radius 3 is 2.45 bits per heavy atom. The number of primary amides is 1. The van der Waals surface area contributed by atoms with E-state index in [1.807, 2.05) is 6.92 Å². The first-order chi connectivity index (χ1) is 9.56. The van der Waals surface area contributed by atoms with Crippen molar-refractivity contribution in [1.29, 1.82) is 0 Å². The molecule has 0 fully saturated rings. The quantitative estimate of drug-likeness (QED) is 0.696. The molecule has 0 saturated carbocycles. The zero-order chi connectivity index (χ0) is 15.1. The molecule has 3 heteroatoms. The standard InChI is InChI=1S/C17H26FNO/c1-4-7-8-9-12(5-2)16-13(6-3)15(18)11-10-14(16)17(19)20/h10-12H,4-9H2,1-3H3,(H2,19,20). The molecule has 1 aromatic carbocycles. The summed E-state index contributed by atoms with van der Waals surface area (Å²) in [5, 5.41) is 0. The second-order valence-electron chi connectivity index (χ2n) is 5.31. The summed E-state index contributed by atoms with van der Waals surface area (Å²) < 4.78 is 14.0. The molecule has 0 bridgehead atoms. The van der Waals surface area contributed by atoms with E-state index in [4.69, 9.17) is 5.73 Å². The second-order valence-corrected chi connectivity index (χ2v) is 5.31. The Labute approximate surface area is 121 Å². The summed E-state index contributed by atoms with van der Waals surface area (Å²) in [6.07, 6.45) is 5.91. The lowest BCUT2D eigenvalue weighted by molar-refractivity contribution is 0.0998. The van der Waals surface area contributed by atoms with Gasteiger partial charge in [-0.1, -0.05) is 40.0 Å². The number of benzene rings is 1. The lowest BCUT2D eigenvalue weighted by Gasteiger charge is -2.22. The average Bonchev–Trinajstić information content (AvgIpc) is 2.43. The number of unbranched alkanes of at least 4 members (excludes halogenated alkanes) is 2. The van der Waals surface area contributed by atoms with Crippen LogP contribution in [0.5, 0.6) is 0 Å². The van der Waals surface area contributed by atoms with Crippen molar-refractivity contribution in [1.82, 2.24) is 0 Å². The molecule has 0 aliphatic rings. The van der Waals surface area contributed by atoms with Gasteiger partial charge in [0, 0.05) is 5.56 Å². The van der Waals surface area contributed by atoms with Gasteiger partial charge >= 0.3 is 0 Å². The number of carbonyl (C=O) groups excluding carboxylic acids is 1. The van der Waals surface area contributed by atoms with Gasteiger partial charge in [0.1, 0.15) is 5.82 Å². The van der Waals surface area contributed by atoms with Crippen LogP contribution < -0.4 is 5.73 Å². The molecular formula is C17H26FNO. The zero-order valence-corrected chi connectivity index (χ0v) is 12.8. The van der Waals surface area contributed by atoms with E-state index in [0.29, 0.717) is 17.5 Å². The number of amides is 1. The first kappa shape index (κ1) is 16.7. The highest BCUT2D eigenvalue weighted by atomic mass is 19.1. The van der Waals surface area contributed by atoms with Gasteiger partial charge in [-0.3, -0.25) is 4.79 Å². The van der Waals surface area contributed by atoms with Crippen LogP contribution in [0.25, 0.3) is 0 Å². The van der Waals surface area contributed by atoms with E-state index >= 15 is 0 Å². The van der Waals surface area contributed by atoms with Gasteiger partial charge in [0.15, 0.2) is 0 Å². The summed E-state index contributed by atoms with van der Waals surface area (Å²) in [6.45, 7) is 6.17. The molecule has 1 rings (SSSR count). The second kappa shape index (κ2) is 8.03. The first-order valence-corrected chi connectivity index (χ1v) is 7.67. The Morgan fingerprint density at radius 1 is 1.25 bits per heavy atom. The molecule has 1 unspecified atom stereocenters. The van der Waals surface area contributed by atoms with Crippen molar-refractivity contribution < 1.29 is 9.18 Å². The summed E-state index contributed by atoms with van der Waals surface area (Å²) in [5.41, 5.74) is 7.47. The Morgan fingerprint density at radius 2 is 1.95 bits per heavy atom. The third kappa shape index (κ3) is 3.81. The van der Waals surface area contributed by atoms with Crippen LogP contribution in [0.4, 0.5) is 4.39 Å². The Hall–Kier alpha value is -1.38. The molecule has 0 spiro atoms. The van der Waals surface area contributed by atoms with Crippen LogP contribution in [0.2, 0.25) is 0 Å². The molecule has 1 atom stereocenters. The fourth-order valence-electron chi connectivity index (χ4n) is 2.87. The third-order valence-electron chi connectivity index (χ3n) is 3.98. The summed E-state index contributed by atoms with van der Waals surface area (Å²) in [4.78, 5) is 11.7. The molecular weight excluding hydrogens is 253 g/mol. The SMILES string of the molecule is CCCCCC(CC)c1c(C(N)=O)ccc(F)c1CC. The van der Waals surface area contributed by atoms with Gasteiger partial charge in [0.2, 0.25) is 5.91 Å². The van der Waals surface area contributed by atoms with Crippen molar-refractivity contribution in [3.63, 3.8) is 0 Å². The Balaban J connectivity index is 3.22. The highest BCUT2D eigenvalue weighted by Gasteiger charge is 2.22. The maximum atomic E-state index is 14.0. The first-order valence-electron chi connectivity index (χ1n) is 7.67. The van der Waals surface area contributed by atoms with Gasteiger partial charge in [-0.05, 0) is 48.4 Å². The van der Waals surface area contributed by atoms with Crippen LogP contribution in [-0.2, 0) is 6.42 Å². The van der Waals surface area contributed by atoms with E-state index in [9.17, 15) is 9.18 Å². The minimum Gasteiger partial charge on any atom is -0.366 e. The average molecular weight is 279 g/mol. The minimum atomic E-state index is -0.455. The highest BCUT2D eigenvalue weighted by Crippen LogP contribution is 2.33. The Kier molecular flexibility index (Phi) is 6.69. The van der Waals surface area contributed by atoms with E-state index in [1.54, 1.807) is 0 Å². The van der Waals surface area contributed by atoms with E-state index in [2.05, 4.69) is 13.8 Å². The van der Waals surface area contributed by atoms with Crippen molar-refractivity contribution >= 4 is 5.91 Å². The minimum absolute atomic E-state index is 0.217. The van der Waals surface area contributed by atoms with Gasteiger partial charge in [-0.2, -0.15) is 0 Å². The fraction of sp³-hybridized carbons (Fsp3) is 0.588. The molecule has 2 nitrogen and oxygen atoms in total. The van der Waals surface area contributed by atoms with E-state index in [-0.39, 0.29) is 11.7 Å². The highest BCUT2D eigenvalue weighted by molar-refractivity contribution is 5.95. The summed E-state index contributed by atoms with van der Waals surface area (Å²) in [6, 6.07) is 2.90. The normalized spacial score (nSPS) is 12.4. The molecule has 2 N–H and O–H groups in total. The van der Waals surface area contributed by atoms with Crippen LogP contribution in [0.3, 0.4) is 0 Å². The molecule has 1 amide bonds. The molecule has 1 aromatic rings. The summed E-state index contributed by atoms with van der Waals surface area (Å²) in [5.74, 6) is -0.459. The van der Waals surface area contributed by atoms with E-state index in [0.717, 1.165) is 31.2 Å².